The summed E-state index contributed by atoms with van der Waals surface area (Å²) in [6.07, 6.45) is 1.22. The number of furan rings is 1. The fraction of sp³-hybridized carbons (Fsp3) is 0.0323. The number of nitro groups is 1. The Bertz CT molecular complexity index is 2160. The van der Waals surface area contributed by atoms with Crippen LogP contribution >= 0.6 is 23.2 Å². The van der Waals surface area contributed by atoms with Gasteiger partial charge in [0.2, 0.25) is 11.6 Å². The molecule has 6 aromatic rings. The molecular formula is C31H19Cl2N5O6. The second-order valence-corrected chi connectivity index (χ2v) is 10.3. The number of ether oxygens (including phenoxy) is 1. The molecule has 1 amide bonds. The minimum Gasteiger partial charge on any atom is -0.476 e. The van der Waals surface area contributed by atoms with E-state index in [1.165, 1.54) is 24.4 Å². The van der Waals surface area contributed by atoms with Crippen molar-refractivity contribution in [1.29, 1.82) is 0 Å². The highest BCUT2D eigenvalue weighted by Crippen LogP contribution is 2.31. The van der Waals surface area contributed by atoms with Crippen LogP contribution in [0.4, 0.5) is 11.4 Å². The molecule has 0 bridgehead atoms. The zero-order valence-corrected chi connectivity index (χ0v) is 24.0. The van der Waals surface area contributed by atoms with Crippen molar-refractivity contribution in [2.45, 2.75) is 0 Å². The van der Waals surface area contributed by atoms with Crippen LogP contribution in [0, 0.1) is 10.1 Å². The van der Waals surface area contributed by atoms with Gasteiger partial charge in [0.25, 0.3) is 11.5 Å². The van der Waals surface area contributed by atoms with Gasteiger partial charge in [-0.15, -0.1) is 0 Å². The van der Waals surface area contributed by atoms with Crippen LogP contribution in [0.1, 0.15) is 5.56 Å². The van der Waals surface area contributed by atoms with Crippen LogP contribution in [-0.2, 0) is 4.79 Å². The highest BCUT2D eigenvalue weighted by Gasteiger charge is 2.21. The number of nitro benzene ring substituents is 1. The highest BCUT2D eigenvalue weighted by molar-refractivity contribution is 6.31. The van der Waals surface area contributed by atoms with Gasteiger partial charge in [-0.25, -0.2) is 4.98 Å². The number of halogens is 2. The van der Waals surface area contributed by atoms with Crippen LogP contribution in [0.25, 0.3) is 33.5 Å². The lowest BCUT2D eigenvalue weighted by atomic mass is 10.2. The van der Waals surface area contributed by atoms with Gasteiger partial charge < -0.3 is 14.5 Å². The van der Waals surface area contributed by atoms with E-state index in [0.29, 0.717) is 37.6 Å². The van der Waals surface area contributed by atoms with Crippen molar-refractivity contribution < 1.29 is 18.9 Å². The molecule has 0 fully saturated rings. The second kappa shape index (κ2) is 12.0. The van der Waals surface area contributed by atoms with Crippen LogP contribution in [0.2, 0.25) is 10.0 Å². The van der Waals surface area contributed by atoms with Crippen molar-refractivity contribution in [2.75, 3.05) is 11.9 Å². The first kappa shape index (κ1) is 28.6. The number of aromatic nitrogens is 2. The van der Waals surface area contributed by atoms with E-state index in [2.05, 4.69) is 15.4 Å². The van der Waals surface area contributed by atoms with Crippen LogP contribution in [0.3, 0.4) is 0 Å². The van der Waals surface area contributed by atoms with Crippen molar-refractivity contribution >= 4 is 68.6 Å². The Morgan fingerprint density at radius 1 is 1.02 bits per heavy atom. The Balaban J connectivity index is 1.39. The standard InChI is InChI=1S/C31H19Cl2N5O6/c32-20-8-11-22(12-9-20)35-28(39)17-43-29-18(4-3-7-25(29)38(41)42)16-34-37-30(36-24-6-2-1-5-23(24)31(37)40)27-15-19-14-21(33)10-13-26(19)44-27/h1-16H,17H2,(H,35,39). The molecule has 0 spiro atoms. The molecule has 0 saturated heterocycles. The molecule has 218 valence electrons. The lowest BCUT2D eigenvalue weighted by molar-refractivity contribution is -0.385. The first-order chi connectivity index (χ1) is 21.3. The molecule has 1 N–H and O–H groups in total. The number of nitrogens with zero attached hydrogens (tertiary/aromatic N) is 4. The zero-order chi connectivity index (χ0) is 30.8. The Morgan fingerprint density at radius 3 is 2.59 bits per heavy atom. The summed E-state index contributed by atoms with van der Waals surface area (Å²) in [7, 11) is 0. The van der Waals surface area contributed by atoms with Crippen LogP contribution in [-0.4, -0.2) is 33.3 Å². The number of amides is 1. The van der Waals surface area contributed by atoms with Gasteiger partial charge in [0.1, 0.15) is 5.58 Å². The summed E-state index contributed by atoms with van der Waals surface area (Å²) in [5.74, 6) is -0.436. The minimum absolute atomic E-state index is 0.0903. The Morgan fingerprint density at radius 2 is 1.80 bits per heavy atom. The highest BCUT2D eigenvalue weighted by atomic mass is 35.5. The maximum absolute atomic E-state index is 13.6. The molecule has 0 atom stereocenters. The molecule has 2 aromatic heterocycles. The molecule has 0 radical (unpaired) electrons. The smallest absolute Gasteiger partial charge is 0.311 e. The lowest BCUT2D eigenvalue weighted by Crippen LogP contribution is -2.21. The molecular weight excluding hydrogens is 609 g/mol. The number of fused-ring (bicyclic) bond motifs is 2. The Kier molecular flexibility index (Phi) is 7.80. The van der Waals surface area contributed by atoms with Gasteiger partial charge in [0.05, 0.1) is 22.0 Å². The molecule has 13 heteroatoms. The first-order valence-corrected chi connectivity index (χ1v) is 13.7. The Hall–Kier alpha value is -5.52. The number of anilines is 1. The summed E-state index contributed by atoms with van der Waals surface area (Å²) in [5.41, 5.74) is 0.649. The maximum Gasteiger partial charge on any atom is 0.311 e. The topological polar surface area (TPSA) is 142 Å². The molecule has 2 heterocycles. The molecule has 0 aliphatic rings. The van der Waals surface area contributed by atoms with Crippen molar-refractivity contribution in [2.24, 2.45) is 5.10 Å². The number of hydrogen-bond acceptors (Lipinski definition) is 8. The summed E-state index contributed by atoms with van der Waals surface area (Å²) in [6.45, 7) is -0.543. The maximum atomic E-state index is 13.6. The molecule has 44 heavy (non-hydrogen) atoms. The van der Waals surface area contributed by atoms with E-state index in [9.17, 15) is 19.7 Å². The number of carbonyl (C=O) groups excluding carboxylic acids is 1. The third kappa shape index (κ3) is 5.87. The molecule has 0 unspecified atom stereocenters. The second-order valence-electron chi connectivity index (χ2n) is 9.40. The molecule has 0 saturated carbocycles. The third-order valence-electron chi connectivity index (χ3n) is 6.46. The largest absolute Gasteiger partial charge is 0.476 e. The zero-order valence-electron chi connectivity index (χ0n) is 22.4. The monoisotopic (exact) mass is 627 g/mol. The molecule has 6 rings (SSSR count). The molecule has 0 aliphatic heterocycles. The fourth-order valence-electron chi connectivity index (χ4n) is 4.45. The van der Waals surface area contributed by atoms with E-state index < -0.39 is 28.7 Å². The number of rotatable bonds is 8. The number of para-hydroxylation sites is 2. The SMILES string of the molecule is O=C(COc1c(C=Nn2c(-c3cc4cc(Cl)ccc4o3)nc3ccccc3c2=O)cccc1[N+](=O)[O-])Nc1ccc(Cl)cc1. The van der Waals surface area contributed by atoms with Crippen molar-refractivity contribution in [1.82, 2.24) is 9.66 Å². The van der Waals surface area contributed by atoms with Crippen molar-refractivity contribution in [3.63, 3.8) is 0 Å². The van der Waals surface area contributed by atoms with Gasteiger partial charge in [-0.2, -0.15) is 9.78 Å². The number of carbonyl (C=O) groups is 1. The van der Waals surface area contributed by atoms with Gasteiger partial charge in [-0.3, -0.25) is 19.7 Å². The molecule has 11 nitrogen and oxygen atoms in total. The molecule has 0 aliphatic carbocycles. The number of hydrogen-bond donors (Lipinski definition) is 1. The predicted molar refractivity (Wildman–Crippen MR) is 168 cm³/mol. The van der Waals surface area contributed by atoms with Crippen LogP contribution in [0.15, 0.2) is 105 Å². The number of nitrogens with one attached hydrogen (secondary N) is 1. The van der Waals surface area contributed by atoms with Gasteiger partial charge in [-0.05, 0) is 66.7 Å². The average molecular weight is 628 g/mol. The van der Waals surface area contributed by atoms with E-state index in [1.807, 2.05) is 0 Å². The van der Waals surface area contributed by atoms with Crippen molar-refractivity contribution in [3.8, 4) is 17.3 Å². The van der Waals surface area contributed by atoms with Crippen LogP contribution < -0.4 is 15.6 Å². The third-order valence-corrected chi connectivity index (χ3v) is 6.95. The summed E-state index contributed by atoms with van der Waals surface area (Å²) in [6, 6.07) is 24.1. The fourth-order valence-corrected chi connectivity index (χ4v) is 4.75. The summed E-state index contributed by atoms with van der Waals surface area (Å²) in [5, 5.41) is 20.8. The van der Waals surface area contributed by atoms with E-state index in [4.69, 9.17) is 32.4 Å². The Labute approximate surface area is 258 Å². The van der Waals surface area contributed by atoms with E-state index in [-0.39, 0.29) is 22.9 Å². The van der Waals surface area contributed by atoms with Gasteiger partial charge in [0.15, 0.2) is 12.4 Å². The molecule has 4 aromatic carbocycles. The van der Waals surface area contributed by atoms with Gasteiger partial charge in [-0.1, -0.05) is 41.4 Å². The van der Waals surface area contributed by atoms with Gasteiger partial charge >= 0.3 is 5.69 Å². The normalized spacial score (nSPS) is 11.3. The summed E-state index contributed by atoms with van der Waals surface area (Å²) >= 11 is 12.0. The lowest BCUT2D eigenvalue weighted by Gasteiger charge is -2.11. The van der Waals surface area contributed by atoms with E-state index >= 15 is 0 Å². The minimum atomic E-state index is -0.640. The van der Waals surface area contributed by atoms with E-state index in [1.54, 1.807) is 72.8 Å². The predicted octanol–water partition coefficient (Wildman–Crippen LogP) is 6.92. The average Bonchev–Trinajstić information content (AvgIpc) is 3.44. The van der Waals surface area contributed by atoms with E-state index in [0.717, 1.165) is 4.68 Å². The first-order valence-electron chi connectivity index (χ1n) is 13.0. The van der Waals surface area contributed by atoms with Gasteiger partial charge in [0, 0.05) is 32.7 Å². The van der Waals surface area contributed by atoms with Crippen molar-refractivity contribution in [3.05, 3.63) is 127 Å². The number of benzene rings is 4. The summed E-state index contributed by atoms with van der Waals surface area (Å²) in [4.78, 5) is 42.0. The quantitative estimate of drug-likeness (QED) is 0.110. The summed E-state index contributed by atoms with van der Waals surface area (Å²) < 4.78 is 12.7. The van der Waals surface area contributed by atoms with Crippen LogP contribution in [0.5, 0.6) is 5.75 Å².